The van der Waals surface area contributed by atoms with Crippen LogP contribution in [0.5, 0.6) is 0 Å². The van der Waals surface area contributed by atoms with E-state index in [0.717, 1.165) is 0 Å². The third kappa shape index (κ3) is 3.58. The minimum Gasteiger partial charge on any atom is -0.465 e. The maximum Gasteiger partial charge on any atom is 0.407 e. The quantitative estimate of drug-likeness (QED) is 0.663. The maximum atomic E-state index is 12.6. The highest BCUT2D eigenvalue weighted by atomic mass is 16.5. The smallest absolute Gasteiger partial charge is 0.407 e. The van der Waals surface area contributed by atoms with Gasteiger partial charge in [-0.2, -0.15) is 5.10 Å². The number of hydrogen-bond donors (Lipinski definition) is 1. The number of rotatable bonds is 4. The number of fused-ring (bicyclic) bond motifs is 1. The number of carboxylic acid groups (broad SMARTS) is 1. The lowest BCUT2D eigenvalue weighted by atomic mass is 9.90. The Balaban J connectivity index is 2.37. The van der Waals surface area contributed by atoms with Crippen LogP contribution in [0.4, 0.5) is 4.79 Å². The molecule has 8 heteroatoms. The molecule has 0 saturated heterocycles. The first kappa shape index (κ1) is 18.0. The van der Waals surface area contributed by atoms with E-state index in [1.807, 2.05) is 20.8 Å². The lowest BCUT2D eigenvalue weighted by Crippen LogP contribution is -2.35. The van der Waals surface area contributed by atoms with Gasteiger partial charge in [0.1, 0.15) is 12.4 Å². The molecule has 0 aliphatic carbocycles. The molecule has 0 aromatic carbocycles. The van der Waals surface area contributed by atoms with E-state index in [0.29, 0.717) is 30.5 Å². The van der Waals surface area contributed by atoms with Gasteiger partial charge in [0, 0.05) is 18.5 Å². The van der Waals surface area contributed by atoms with Crippen LogP contribution >= 0.6 is 0 Å². The zero-order chi connectivity index (χ0) is 18.1. The highest BCUT2D eigenvalue weighted by molar-refractivity contribution is 5.90. The molecule has 0 bridgehead atoms. The summed E-state index contributed by atoms with van der Waals surface area (Å²) in [5.74, 6) is -0.583. The van der Waals surface area contributed by atoms with E-state index in [1.54, 1.807) is 6.92 Å². The number of aldehydes is 1. The van der Waals surface area contributed by atoms with Crippen molar-refractivity contribution in [2.75, 3.05) is 6.54 Å². The second-order valence-corrected chi connectivity index (χ2v) is 6.99. The highest BCUT2D eigenvalue weighted by Crippen LogP contribution is 2.26. The number of esters is 1. The summed E-state index contributed by atoms with van der Waals surface area (Å²) in [5, 5.41) is 13.5. The normalized spacial score (nSPS) is 15.6. The van der Waals surface area contributed by atoms with Crippen LogP contribution in [-0.2, 0) is 29.0 Å². The fourth-order valence-electron chi connectivity index (χ4n) is 2.41. The Hall–Kier alpha value is -2.38. The molecule has 1 aromatic rings. The van der Waals surface area contributed by atoms with Gasteiger partial charge in [0.15, 0.2) is 5.69 Å². The summed E-state index contributed by atoms with van der Waals surface area (Å²) in [6, 6.07) is 0. The molecule has 1 atom stereocenters. The first-order valence-corrected chi connectivity index (χ1v) is 7.86. The number of ether oxygens (including phenoxy) is 1. The van der Waals surface area contributed by atoms with Crippen LogP contribution in [0.2, 0.25) is 0 Å². The van der Waals surface area contributed by atoms with Gasteiger partial charge in [0.25, 0.3) is 0 Å². The fourth-order valence-corrected chi connectivity index (χ4v) is 2.41. The Kier molecular flexibility index (Phi) is 4.96. The molecule has 0 saturated carbocycles. The van der Waals surface area contributed by atoms with Gasteiger partial charge in [-0.05, 0) is 12.3 Å². The van der Waals surface area contributed by atoms with Crippen molar-refractivity contribution in [3.8, 4) is 0 Å². The van der Waals surface area contributed by atoms with Gasteiger partial charge in [-0.3, -0.25) is 4.68 Å². The SMILES string of the molecule is CC(OC(=O)c1c2c(nn1CC=O)CCN(C(=O)O)C2)C(C)(C)C. The number of aromatic nitrogens is 2. The van der Waals surface area contributed by atoms with Gasteiger partial charge in [-0.1, -0.05) is 20.8 Å². The van der Waals surface area contributed by atoms with Crippen LogP contribution in [-0.4, -0.2) is 50.8 Å². The first-order chi connectivity index (χ1) is 11.1. The van der Waals surface area contributed by atoms with E-state index in [4.69, 9.17) is 4.74 Å². The van der Waals surface area contributed by atoms with Crippen LogP contribution in [0.15, 0.2) is 0 Å². The third-order valence-corrected chi connectivity index (χ3v) is 4.32. The van der Waals surface area contributed by atoms with Crippen molar-refractivity contribution >= 4 is 18.3 Å². The largest absolute Gasteiger partial charge is 0.465 e. The van der Waals surface area contributed by atoms with E-state index in [-0.39, 0.29) is 30.3 Å². The summed E-state index contributed by atoms with van der Waals surface area (Å²) in [6.07, 6.45) is -0.342. The van der Waals surface area contributed by atoms with E-state index < -0.39 is 12.1 Å². The van der Waals surface area contributed by atoms with Gasteiger partial charge in [0.05, 0.1) is 18.8 Å². The van der Waals surface area contributed by atoms with Crippen molar-refractivity contribution in [1.82, 2.24) is 14.7 Å². The van der Waals surface area contributed by atoms with E-state index in [2.05, 4.69) is 5.10 Å². The van der Waals surface area contributed by atoms with Crippen molar-refractivity contribution in [2.24, 2.45) is 5.41 Å². The number of hydrogen-bond acceptors (Lipinski definition) is 5. The molecule has 0 radical (unpaired) electrons. The average molecular weight is 337 g/mol. The van der Waals surface area contributed by atoms with Crippen LogP contribution in [0.3, 0.4) is 0 Å². The minimum absolute atomic E-state index is 0.0673. The number of nitrogens with zero attached hydrogens (tertiary/aromatic N) is 3. The molecule has 1 unspecified atom stereocenters. The van der Waals surface area contributed by atoms with Crippen molar-refractivity contribution in [1.29, 1.82) is 0 Å². The van der Waals surface area contributed by atoms with Crippen LogP contribution in [0.1, 0.15) is 49.4 Å². The highest BCUT2D eigenvalue weighted by Gasteiger charge is 2.33. The van der Waals surface area contributed by atoms with E-state index in [9.17, 15) is 19.5 Å². The summed E-state index contributed by atoms with van der Waals surface area (Å²) in [7, 11) is 0. The Morgan fingerprint density at radius 1 is 1.42 bits per heavy atom. The standard InChI is InChI=1S/C16H23N3O5/c1-10(16(2,3)4)24-14(21)13-11-9-18(15(22)23)6-5-12(11)17-19(13)7-8-20/h8,10H,5-7,9H2,1-4H3,(H,22,23). The lowest BCUT2D eigenvalue weighted by molar-refractivity contribution is -0.108. The average Bonchev–Trinajstić information content (AvgIpc) is 2.83. The summed E-state index contributed by atoms with van der Waals surface area (Å²) < 4.78 is 6.83. The molecule has 2 heterocycles. The van der Waals surface area contributed by atoms with Gasteiger partial charge >= 0.3 is 12.1 Å². The second kappa shape index (κ2) is 6.62. The van der Waals surface area contributed by atoms with E-state index >= 15 is 0 Å². The molecule has 1 aliphatic rings. The number of carbonyl (C=O) groups is 3. The zero-order valence-corrected chi connectivity index (χ0v) is 14.4. The molecule has 1 aromatic heterocycles. The van der Waals surface area contributed by atoms with Gasteiger partial charge in [-0.25, -0.2) is 9.59 Å². The summed E-state index contributed by atoms with van der Waals surface area (Å²) >= 11 is 0. The monoisotopic (exact) mass is 337 g/mol. The van der Waals surface area contributed by atoms with Gasteiger partial charge < -0.3 is 19.5 Å². The van der Waals surface area contributed by atoms with Crippen molar-refractivity contribution in [2.45, 2.75) is 53.3 Å². The molecule has 8 nitrogen and oxygen atoms in total. The fraction of sp³-hybridized carbons (Fsp3) is 0.625. The Labute approximate surface area is 140 Å². The molecule has 1 aliphatic heterocycles. The van der Waals surface area contributed by atoms with Crippen molar-refractivity contribution in [3.05, 3.63) is 17.0 Å². The molecule has 132 valence electrons. The zero-order valence-electron chi connectivity index (χ0n) is 14.4. The summed E-state index contributed by atoms with van der Waals surface area (Å²) in [5.41, 5.74) is 1.10. The van der Waals surface area contributed by atoms with Gasteiger partial charge in [0.2, 0.25) is 0 Å². The molecular weight excluding hydrogens is 314 g/mol. The van der Waals surface area contributed by atoms with Crippen LogP contribution in [0, 0.1) is 5.41 Å². The molecule has 0 spiro atoms. The molecule has 0 fully saturated rings. The van der Waals surface area contributed by atoms with Gasteiger partial charge in [-0.15, -0.1) is 0 Å². The predicted octanol–water partition coefficient (Wildman–Crippen LogP) is 1.71. The third-order valence-electron chi connectivity index (χ3n) is 4.32. The van der Waals surface area contributed by atoms with Crippen molar-refractivity contribution in [3.63, 3.8) is 0 Å². The number of amides is 1. The van der Waals surface area contributed by atoms with E-state index in [1.165, 1.54) is 9.58 Å². The maximum absolute atomic E-state index is 12.6. The van der Waals surface area contributed by atoms with Crippen LogP contribution in [0.25, 0.3) is 0 Å². The Morgan fingerprint density at radius 3 is 2.62 bits per heavy atom. The summed E-state index contributed by atoms with van der Waals surface area (Å²) in [6.45, 7) is 7.97. The molecule has 2 rings (SSSR count). The topological polar surface area (TPSA) is 102 Å². The number of carbonyl (C=O) groups excluding carboxylic acids is 2. The Morgan fingerprint density at radius 2 is 2.08 bits per heavy atom. The molecular formula is C16H23N3O5. The summed E-state index contributed by atoms with van der Waals surface area (Å²) in [4.78, 5) is 36.0. The second-order valence-electron chi connectivity index (χ2n) is 6.99. The first-order valence-electron chi connectivity index (χ1n) is 7.86. The van der Waals surface area contributed by atoms with Crippen molar-refractivity contribution < 1.29 is 24.2 Å². The molecule has 1 amide bonds. The lowest BCUT2D eigenvalue weighted by Gasteiger charge is -2.27. The molecule has 24 heavy (non-hydrogen) atoms. The predicted molar refractivity (Wildman–Crippen MR) is 84.8 cm³/mol. The molecule has 1 N–H and O–H groups in total. The Bertz CT molecular complexity index is 659. The van der Waals surface area contributed by atoms with Crippen LogP contribution < -0.4 is 0 Å². The minimum atomic E-state index is -1.05.